The summed E-state index contributed by atoms with van der Waals surface area (Å²) in [5.41, 5.74) is 7.10. The Balaban J connectivity index is 2.22. The molecular weight excluding hydrogens is 226 g/mol. The van der Waals surface area contributed by atoms with Gasteiger partial charge in [-0.2, -0.15) is 4.68 Å². The Bertz CT molecular complexity index is 545. The van der Waals surface area contributed by atoms with Crippen LogP contribution in [-0.4, -0.2) is 26.1 Å². The zero-order valence-corrected chi connectivity index (χ0v) is 9.20. The normalized spacial score (nSPS) is 14.0. The van der Waals surface area contributed by atoms with E-state index in [0.29, 0.717) is 5.56 Å². The third-order valence-corrected chi connectivity index (χ3v) is 3.99. The summed E-state index contributed by atoms with van der Waals surface area (Å²) in [5, 5.41) is 11.7. The maximum Gasteiger partial charge on any atom is 0.252 e. The molecule has 0 fully saturated rings. The van der Waals surface area contributed by atoms with Crippen molar-refractivity contribution in [1.82, 2.24) is 20.2 Å². The topological polar surface area (TPSA) is 86.7 Å². The molecule has 82 valence electrons. The zero-order valence-electron chi connectivity index (χ0n) is 8.38. The molecule has 0 unspecified atom stereocenters. The lowest BCUT2D eigenvalue weighted by Gasteiger charge is -2.00. The summed E-state index contributed by atoms with van der Waals surface area (Å²) in [7, 11) is 0. The number of nitrogens with zero attached hydrogens (tertiary/aromatic N) is 4. The highest BCUT2D eigenvalue weighted by molar-refractivity contribution is 7.15. The van der Waals surface area contributed by atoms with Crippen LogP contribution < -0.4 is 5.73 Å². The highest BCUT2D eigenvalue weighted by Crippen LogP contribution is 2.36. The predicted molar refractivity (Wildman–Crippen MR) is 57.6 cm³/mol. The molecule has 0 saturated carbocycles. The number of carbonyl (C=O) groups excluding carboxylic acids is 1. The van der Waals surface area contributed by atoms with Crippen LogP contribution in [0.15, 0.2) is 6.33 Å². The van der Waals surface area contributed by atoms with Gasteiger partial charge in [0, 0.05) is 4.88 Å². The maximum absolute atomic E-state index is 11.5. The second-order valence-corrected chi connectivity index (χ2v) is 4.74. The molecule has 0 saturated heterocycles. The van der Waals surface area contributed by atoms with E-state index >= 15 is 0 Å². The number of carbonyl (C=O) groups is 1. The summed E-state index contributed by atoms with van der Waals surface area (Å²) >= 11 is 1.55. The molecule has 2 aromatic rings. The van der Waals surface area contributed by atoms with E-state index in [1.807, 2.05) is 0 Å². The smallest absolute Gasteiger partial charge is 0.252 e. The number of hydrogen-bond donors (Lipinski definition) is 1. The molecule has 0 radical (unpaired) electrons. The number of primary amides is 1. The van der Waals surface area contributed by atoms with E-state index in [2.05, 4.69) is 15.5 Å². The van der Waals surface area contributed by atoms with Crippen molar-refractivity contribution in [3.63, 3.8) is 0 Å². The number of amides is 1. The summed E-state index contributed by atoms with van der Waals surface area (Å²) in [5.74, 6) is -0.398. The van der Waals surface area contributed by atoms with Crippen molar-refractivity contribution < 1.29 is 4.79 Å². The van der Waals surface area contributed by atoms with Crippen LogP contribution in [0.4, 0.5) is 0 Å². The molecule has 2 heterocycles. The van der Waals surface area contributed by atoms with Gasteiger partial charge < -0.3 is 5.73 Å². The third-order valence-electron chi connectivity index (χ3n) is 2.71. The second kappa shape index (κ2) is 3.38. The molecule has 16 heavy (non-hydrogen) atoms. The number of thiophene rings is 1. The van der Waals surface area contributed by atoms with Crippen LogP contribution in [0.5, 0.6) is 0 Å². The third kappa shape index (κ3) is 1.25. The first-order valence-electron chi connectivity index (χ1n) is 4.95. The van der Waals surface area contributed by atoms with Gasteiger partial charge in [0.1, 0.15) is 11.3 Å². The Hall–Kier alpha value is -1.76. The predicted octanol–water partition coefficient (Wildman–Crippen LogP) is 0.311. The van der Waals surface area contributed by atoms with Crippen molar-refractivity contribution >= 4 is 17.2 Å². The van der Waals surface area contributed by atoms with Gasteiger partial charge >= 0.3 is 0 Å². The molecule has 0 bridgehead atoms. The number of rotatable bonds is 2. The first kappa shape index (κ1) is 9.46. The van der Waals surface area contributed by atoms with E-state index in [4.69, 9.17) is 5.73 Å². The standard InChI is InChI=1S/C9H9N5OS/c10-8(15)7-5-2-1-3-6(5)16-9(7)14-4-11-12-13-14/h4H,1-3H2,(H2,10,15). The first-order valence-corrected chi connectivity index (χ1v) is 5.76. The van der Waals surface area contributed by atoms with Crippen LogP contribution in [0.25, 0.3) is 5.00 Å². The summed E-state index contributed by atoms with van der Waals surface area (Å²) in [6.07, 6.45) is 4.51. The molecule has 1 aliphatic carbocycles. The zero-order chi connectivity index (χ0) is 11.1. The van der Waals surface area contributed by atoms with Gasteiger partial charge in [-0.3, -0.25) is 4.79 Å². The van der Waals surface area contributed by atoms with Gasteiger partial charge in [0.2, 0.25) is 0 Å². The molecule has 1 aliphatic rings. The summed E-state index contributed by atoms with van der Waals surface area (Å²) < 4.78 is 1.50. The van der Waals surface area contributed by atoms with Gasteiger partial charge in [0.25, 0.3) is 5.91 Å². The number of aryl methyl sites for hydroxylation is 1. The molecule has 0 aliphatic heterocycles. The van der Waals surface area contributed by atoms with Crippen molar-refractivity contribution in [2.45, 2.75) is 19.3 Å². The molecule has 2 N–H and O–H groups in total. The van der Waals surface area contributed by atoms with E-state index < -0.39 is 5.91 Å². The molecule has 3 rings (SSSR count). The number of nitrogens with two attached hydrogens (primary N) is 1. The van der Waals surface area contributed by atoms with Crippen LogP contribution in [0.3, 0.4) is 0 Å². The average Bonchev–Trinajstić information content (AvgIpc) is 2.92. The fourth-order valence-corrected chi connectivity index (χ4v) is 3.37. The lowest BCUT2D eigenvalue weighted by atomic mass is 10.1. The van der Waals surface area contributed by atoms with E-state index in [1.165, 1.54) is 15.9 Å². The van der Waals surface area contributed by atoms with E-state index in [9.17, 15) is 4.79 Å². The Labute approximate surface area is 95.1 Å². The van der Waals surface area contributed by atoms with Gasteiger partial charge in [-0.15, -0.1) is 16.4 Å². The summed E-state index contributed by atoms with van der Waals surface area (Å²) in [6, 6.07) is 0. The molecule has 7 heteroatoms. The van der Waals surface area contributed by atoms with Gasteiger partial charge in [-0.05, 0) is 35.3 Å². The van der Waals surface area contributed by atoms with Crippen molar-refractivity contribution in [1.29, 1.82) is 0 Å². The molecule has 2 aromatic heterocycles. The van der Waals surface area contributed by atoms with Crippen LogP contribution in [-0.2, 0) is 12.8 Å². The van der Waals surface area contributed by atoms with Crippen molar-refractivity contribution in [3.05, 3.63) is 22.3 Å². The molecule has 1 amide bonds. The van der Waals surface area contributed by atoms with Crippen LogP contribution in [0.2, 0.25) is 0 Å². The SMILES string of the molecule is NC(=O)c1c(-n2cnnn2)sc2c1CCC2. The quantitative estimate of drug-likeness (QED) is 0.811. The largest absolute Gasteiger partial charge is 0.365 e. The first-order chi connectivity index (χ1) is 7.77. The molecule has 0 atom stereocenters. The van der Waals surface area contributed by atoms with Gasteiger partial charge in [-0.1, -0.05) is 0 Å². The van der Waals surface area contributed by atoms with Crippen LogP contribution in [0, 0.1) is 0 Å². The average molecular weight is 235 g/mol. The van der Waals surface area contributed by atoms with E-state index in [-0.39, 0.29) is 0 Å². The van der Waals surface area contributed by atoms with Crippen molar-refractivity contribution in [2.24, 2.45) is 5.73 Å². The number of tetrazole rings is 1. The molecule has 6 nitrogen and oxygen atoms in total. The monoisotopic (exact) mass is 235 g/mol. The van der Waals surface area contributed by atoms with Crippen LogP contribution in [0.1, 0.15) is 27.2 Å². The van der Waals surface area contributed by atoms with E-state index in [1.54, 1.807) is 11.3 Å². The van der Waals surface area contributed by atoms with Crippen molar-refractivity contribution in [2.75, 3.05) is 0 Å². The minimum atomic E-state index is -0.398. The van der Waals surface area contributed by atoms with E-state index in [0.717, 1.165) is 29.8 Å². The summed E-state index contributed by atoms with van der Waals surface area (Å²) in [6.45, 7) is 0. The lowest BCUT2D eigenvalue weighted by molar-refractivity contribution is 0.1000. The Morgan fingerprint density at radius 1 is 1.50 bits per heavy atom. The summed E-state index contributed by atoms with van der Waals surface area (Å²) in [4.78, 5) is 12.7. The minimum absolute atomic E-state index is 0.398. The fourth-order valence-electron chi connectivity index (χ4n) is 2.06. The van der Waals surface area contributed by atoms with Gasteiger partial charge in [-0.25, -0.2) is 0 Å². The van der Waals surface area contributed by atoms with Gasteiger partial charge in [0.15, 0.2) is 0 Å². The Morgan fingerprint density at radius 2 is 2.38 bits per heavy atom. The second-order valence-electron chi connectivity index (χ2n) is 3.66. The molecular formula is C9H9N5OS. The van der Waals surface area contributed by atoms with Crippen molar-refractivity contribution in [3.8, 4) is 5.00 Å². The molecule has 0 spiro atoms. The maximum atomic E-state index is 11.5. The molecule has 0 aromatic carbocycles. The Morgan fingerprint density at radius 3 is 3.06 bits per heavy atom. The minimum Gasteiger partial charge on any atom is -0.365 e. The number of hydrogen-bond acceptors (Lipinski definition) is 5. The lowest BCUT2D eigenvalue weighted by Crippen LogP contribution is -2.15. The highest BCUT2D eigenvalue weighted by Gasteiger charge is 2.26. The Kier molecular flexibility index (Phi) is 2.00. The number of aromatic nitrogens is 4. The van der Waals surface area contributed by atoms with Gasteiger partial charge in [0.05, 0.1) is 5.56 Å². The number of fused-ring (bicyclic) bond motifs is 1. The fraction of sp³-hybridized carbons (Fsp3) is 0.333. The highest BCUT2D eigenvalue weighted by atomic mass is 32.1. The van der Waals surface area contributed by atoms with Crippen LogP contribution >= 0.6 is 11.3 Å².